The quantitative estimate of drug-likeness (QED) is 0.821. The Labute approximate surface area is 100 Å². The van der Waals surface area contributed by atoms with E-state index in [-0.39, 0.29) is 12.4 Å². The Morgan fingerprint density at radius 1 is 1.44 bits per heavy atom. The lowest BCUT2D eigenvalue weighted by atomic mass is 10.1. The van der Waals surface area contributed by atoms with E-state index in [9.17, 15) is 0 Å². The molecule has 0 aliphatic heterocycles. The predicted molar refractivity (Wildman–Crippen MR) is 64.4 cm³/mol. The van der Waals surface area contributed by atoms with Gasteiger partial charge in [0.15, 0.2) is 5.69 Å². The van der Waals surface area contributed by atoms with Gasteiger partial charge in [0.25, 0.3) is 0 Å². The topological polar surface area (TPSA) is 67.1 Å². The van der Waals surface area contributed by atoms with E-state index in [2.05, 4.69) is 11.1 Å². The molecule has 0 fully saturated rings. The molecule has 0 aliphatic rings. The average Bonchev–Trinajstić information content (AvgIpc) is 2.55. The van der Waals surface area contributed by atoms with Gasteiger partial charge in [-0.3, -0.25) is 0 Å². The second-order valence-corrected chi connectivity index (χ2v) is 4.07. The minimum Gasteiger partial charge on any atom is -0.319 e. The lowest BCUT2D eigenvalue weighted by Crippen LogP contribution is -2.31. The number of hydrogen-bond acceptors (Lipinski definition) is 3. The molecular weight excluding hydrogens is 224 g/mol. The maximum atomic E-state index is 8.95. The monoisotopic (exact) mass is 236 g/mol. The summed E-state index contributed by atoms with van der Waals surface area (Å²) in [6.07, 6.45) is 1.87. The van der Waals surface area contributed by atoms with E-state index < -0.39 is 5.54 Å². The van der Waals surface area contributed by atoms with Gasteiger partial charge in [-0.2, -0.15) is 5.26 Å². The molecule has 84 valence electrons. The van der Waals surface area contributed by atoms with Gasteiger partial charge in [0.05, 0.1) is 11.1 Å². The van der Waals surface area contributed by atoms with Crippen LogP contribution in [0.3, 0.4) is 0 Å². The molecule has 0 aliphatic carbocycles. The highest BCUT2D eigenvalue weighted by molar-refractivity contribution is 5.85. The van der Waals surface area contributed by atoms with Crippen LogP contribution < -0.4 is 5.73 Å². The van der Waals surface area contributed by atoms with Crippen LogP contribution in [0.1, 0.15) is 25.4 Å². The first-order valence-corrected chi connectivity index (χ1v) is 4.70. The van der Waals surface area contributed by atoms with Gasteiger partial charge in [-0.05, 0) is 26.0 Å². The standard InChI is InChI=1S/C11H12N4.ClH/c1-11(2,13)10-14-8(7-12)9-5-3-4-6-15(9)10;/h3-6H,13H2,1-2H3;1H. The van der Waals surface area contributed by atoms with Crippen molar-refractivity contribution in [3.8, 4) is 6.07 Å². The molecule has 0 saturated heterocycles. The molecule has 2 rings (SSSR count). The summed E-state index contributed by atoms with van der Waals surface area (Å²) in [4.78, 5) is 4.26. The fraction of sp³-hybridized carbons (Fsp3) is 0.273. The first-order chi connectivity index (χ1) is 7.04. The van der Waals surface area contributed by atoms with Gasteiger partial charge in [-0.1, -0.05) is 6.07 Å². The molecule has 0 unspecified atom stereocenters. The number of nitrogens with zero attached hydrogens (tertiary/aromatic N) is 3. The van der Waals surface area contributed by atoms with Gasteiger partial charge in [-0.25, -0.2) is 4.98 Å². The molecule has 2 aromatic rings. The second kappa shape index (κ2) is 4.12. The van der Waals surface area contributed by atoms with E-state index in [1.807, 2.05) is 42.6 Å². The van der Waals surface area contributed by atoms with E-state index in [0.717, 1.165) is 5.52 Å². The van der Waals surface area contributed by atoms with Crippen molar-refractivity contribution >= 4 is 17.9 Å². The minimum atomic E-state index is -0.556. The van der Waals surface area contributed by atoms with Crippen LogP contribution in [0.25, 0.3) is 5.52 Å². The molecule has 0 spiro atoms. The zero-order chi connectivity index (χ0) is 11.1. The molecule has 0 atom stereocenters. The number of pyridine rings is 1. The van der Waals surface area contributed by atoms with Crippen molar-refractivity contribution in [2.24, 2.45) is 5.73 Å². The highest BCUT2D eigenvalue weighted by Gasteiger charge is 2.22. The molecule has 2 heterocycles. The molecule has 0 aromatic carbocycles. The number of aromatic nitrogens is 2. The number of nitrogens with two attached hydrogens (primary N) is 1. The van der Waals surface area contributed by atoms with Crippen molar-refractivity contribution < 1.29 is 0 Å². The van der Waals surface area contributed by atoms with E-state index in [0.29, 0.717) is 11.5 Å². The highest BCUT2D eigenvalue weighted by atomic mass is 35.5. The third kappa shape index (κ3) is 1.87. The maximum Gasteiger partial charge on any atom is 0.166 e. The number of halogens is 1. The fourth-order valence-electron chi connectivity index (χ4n) is 1.57. The molecule has 5 heteroatoms. The normalized spacial score (nSPS) is 10.9. The Morgan fingerprint density at radius 2 is 2.12 bits per heavy atom. The summed E-state index contributed by atoms with van der Waals surface area (Å²) in [6.45, 7) is 3.74. The van der Waals surface area contributed by atoms with Crippen LogP contribution >= 0.6 is 12.4 Å². The Hall–Kier alpha value is -1.57. The Balaban J connectivity index is 0.00000128. The lowest BCUT2D eigenvalue weighted by molar-refractivity contribution is 0.511. The summed E-state index contributed by atoms with van der Waals surface area (Å²) in [5.74, 6) is 0.703. The number of imidazole rings is 1. The fourth-order valence-corrected chi connectivity index (χ4v) is 1.57. The predicted octanol–water partition coefficient (Wildman–Crippen LogP) is 1.82. The van der Waals surface area contributed by atoms with E-state index in [4.69, 9.17) is 11.0 Å². The van der Waals surface area contributed by atoms with Crippen molar-refractivity contribution in [2.45, 2.75) is 19.4 Å². The third-order valence-electron chi connectivity index (χ3n) is 2.23. The van der Waals surface area contributed by atoms with Crippen LogP contribution in [0.5, 0.6) is 0 Å². The van der Waals surface area contributed by atoms with Gasteiger partial charge in [0, 0.05) is 6.20 Å². The molecule has 0 amide bonds. The number of rotatable bonds is 1. The lowest BCUT2D eigenvalue weighted by Gasteiger charge is -2.16. The summed E-state index contributed by atoms with van der Waals surface area (Å²) in [7, 11) is 0. The van der Waals surface area contributed by atoms with Crippen molar-refractivity contribution in [3.63, 3.8) is 0 Å². The van der Waals surface area contributed by atoms with Crippen LogP contribution in [-0.2, 0) is 5.54 Å². The van der Waals surface area contributed by atoms with Crippen LogP contribution in [0.15, 0.2) is 24.4 Å². The van der Waals surface area contributed by atoms with Crippen molar-refractivity contribution in [1.29, 1.82) is 5.26 Å². The molecule has 0 saturated carbocycles. The maximum absolute atomic E-state index is 8.95. The van der Waals surface area contributed by atoms with E-state index in [1.165, 1.54) is 0 Å². The first kappa shape index (κ1) is 12.5. The Kier molecular flexibility index (Phi) is 3.22. The summed E-state index contributed by atoms with van der Waals surface area (Å²) in [5.41, 5.74) is 6.66. The van der Waals surface area contributed by atoms with Gasteiger partial charge in [0.1, 0.15) is 11.9 Å². The van der Waals surface area contributed by atoms with E-state index >= 15 is 0 Å². The summed E-state index contributed by atoms with van der Waals surface area (Å²) >= 11 is 0. The molecule has 2 N–H and O–H groups in total. The van der Waals surface area contributed by atoms with Crippen molar-refractivity contribution in [3.05, 3.63) is 35.9 Å². The average molecular weight is 237 g/mol. The molecule has 0 radical (unpaired) electrons. The summed E-state index contributed by atoms with van der Waals surface area (Å²) in [6, 6.07) is 7.71. The van der Waals surface area contributed by atoms with Crippen molar-refractivity contribution in [1.82, 2.24) is 9.38 Å². The zero-order valence-electron chi connectivity index (χ0n) is 9.14. The van der Waals surface area contributed by atoms with Gasteiger partial charge in [-0.15, -0.1) is 12.4 Å². The zero-order valence-corrected chi connectivity index (χ0v) is 9.95. The number of hydrogen-bond donors (Lipinski definition) is 1. The van der Waals surface area contributed by atoms with Crippen LogP contribution in [0, 0.1) is 11.3 Å². The second-order valence-electron chi connectivity index (χ2n) is 4.07. The smallest absolute Gasteiger partial charge is 0.166 e. The number of nitriles is 1. The molecule has 0 bridgehead atoms. The highest BCUT2D eigenvalue weighted by Crippen LogP contribution is 2.20. The van der Waals surface area contributed by atoms with Crippen LogP contribution in [-0.4, -0.2) is 9.38 Å². The molecular formula is C11H13ClN4. The largest absolute Gasteiger partial charge is 0.319 e. The van der Waals surface area contributed by atoms with Gasteiger partial charge >= 0.3 is 0 Å². The van der Waals surface area contributed by atoms with Crippen LogP contribution in [0.2, 0.25) is 0 Å². The Bertz CT molecular complexity index is 545. The summed E-state index contributed by atoms with van der Waals surface area (Å²) in [5, 5.41) is 8.95. The molecule has 2 aromatic heterocycles. The first-order valence-electron chi connectivity index (χ1n) is 4.70. The van der Waals surface area contributed by atoms with Gasteiger partial charge < -0.3 is 10.1 Å². The SMILES string of the molecule is CC(C)(N)c1nc(C#N)c2ccccn12.Cl. The summed E-state index contributed by atoms with van der Waals surface area (Å²) < 4.78 is 1.86. The molecule has 16 heavy (non-hydrogen) atoms. The Morgan fingerprint density at radius 3 is 2.69 bits per heavy atom. The van der Waals surface area contributed by atoms with Crippen LogP contribution in [0.4, 0.5) is 0 Å². The van der Waals surface area contributed by atoms with Crippen molar-refractivity contribution in [2.75, 3.05) is 0 Å². The third-order valence-corrected chi connectivity index (χ3v) is 2.23. The van der Waals surface area contributed by atoms with Gasteiger partial charge in [0.2, 0.25) is 0 Å². The minimum absolute atomic E-state index is 0. The molecule has 4 nitrogen and oxygen atoms in total. The van der Waals surface area contributed by atoms with E-state index in [1.54, 1.807) is 0 Å². The number of fused-ring (bicyclic) bond motifs is 1.